The lowest BCUT2D eigenvalue weighted by atomic mass is 9.89. The molecule has 56 heavy (non-hydrogen) atoms. The normalized spacial score (nSPS) is 18.1. The van der Waals surface area contributed by atoms with Crippen molar-refractivity contribution in [2.45, 2.75) is 18.6 Å². The van der Waals surface area contributed by atoms with Gasteiger partial charge in [0.15, 0.2) is 0 Å². The predicted molar refractivity (Wildman–Crippen MR) is 233 cm³/mol. The molecule has 7 aromatic carbocycles. The maximum absolute atomic E-state index is 6.44. The van der Waals surface area contributed by atoms with Crippen LogP contribution in [0, 0.1) is 5.92 Å². The van der Waals surface area contributed by atoms with Crippen LogP contribution in [0.1, 0.15) is 23.7 Å². The Morgan fingerprint density at radius 1 is 0.554 bits per heavy atom. The van der Waals surface area contributed by atoms with Crippen molar-refractivity contribution >= 4 is 49.4 Å². The first-order valence-corrected chi connectivity index (χ1v) is 19.5. The van der Waals surface area contributed by atoms with Gasteiger partial charge in [-0.25, -0.2) is 0 Å². The quantitative estimate of drug-likeness (QED) is 0.180. The molecule has 0 bridgehead atoms. The highest BCUT2D eigenvalue weighted by molar-refractivity contribution is 6.11. The van der Waals surface area contributed by atoms with E-state index in [1.807, 2.05) is 12.1 Å². The van der Waals surface area contributed by atoms with Crippen LogP contribution in [0.3, 0.4) is 0 Å². The summed E-state index contributed by atoms with van der Waals surface area (Å²) in [6.07, 6.45) is 12.3. The van der Waals surface area contributed by atoms with E-state index in [1.54, 1.807) is 0 Å². The third kappa shape index (κ3) is 5.57. The Balaban J connectivity index is 0.951. The predicted octanol–water partition coefficient (Wildman–Crippen LogP) is 12.8. The lowest BCUT2D eigenvalue weighted by Gasteiger charge is -2.36. The van der Waals surface area contributed by atoms with Crippen LogP contribution in [0.15, 0.2) is 199 Å². The summed E-state index contributed by atoms with van der Waals surface area (Å²) < 4.78 is 8.83. The van der Waals surface area contributed by atoms with Crippen molar-refractivity contribution < 1.29 is 4.42 Å². The minimum absolute atomic E-state index is 0.0274. The van der Waals surface area contributed by atoms with Crippen LogP contribution in [0.4, 0.5) is 0 Å². The van der Waals surface area contributed by atoms with E-state index in [4.69, 9.17) is 4.42 Å². The average molecular weight is 722 g/mol. The Labute approximate surface area is 325 Å². The van der Waals surface area contributed by atoms with Crippen LogP contribution in [-0.2, 0) is 0 Å². The summed E-state index contributed by atoms with van der Waals surface area (Å²) in [6.45, 7) is 0. The first kappa shape index (κ1) is 32.5. The molecular formula is C52H39N3O. The van der Waals surface area contributed by atoms with Gasteiger partial charge >= 0.3 is 0 Å². The molecule has 9 aromatic rings. The minimum Gasteiger partial charge on any atom is -0.455 e. The molecule has 4 nitrogen and oxygen atoms in total. The standard InChI is InChI=1S/C52H39N3O/c1-3-13-35(14-4-1)46-33-47(54-52(53-46)37-15-5-2-6-16-37)36-27-25-34(26-28-36)38-29-30-49-45(32-38)42-19-7-9-23-48(42)55(49)40-18-11-17-39(31-40)41-21-12-22-44-43-20-8-10-24-50(43)56-51(41)44/h1-13,15-33,35,46,52-54H,14H2. The fraction of sp³-hybridized carbons (Fsp3) is 0.0769. The molecule has 0 amide bonds. The molecule has 3 unspecified atom stereocenters. The van der Waals surface area contributed by atoms with E-state index < -0.39 is 0 Å². The van der Waals surface area contributed by atoms with Crippen molar-refractivity contribution in [1.82, 2.24) is 15.2 Å². The highest BCUT2D eigenvalue weighted by atomic mass is 16.3. The highest BCUT2D eigenvalue weighted by Crippen LogP contribution is 2.39. The minimum atomic E-state index is 0.0274. The van der Waals surface area contributed by atoms with Gasteiger partial charge in [0, 0.05) is 44.5 Å². The van der Waals surface area contributed by atoms with Crippen molar-refractivity contribution in [1.29, 1.82) is 0 Å². The van der Waals surface area contributed by atoms with Crippen LogP contribution in [0.5, 0.6) is 0 Å². The molecule has 3 atom stereocenters. The number of furan rings is 1. The highest BCUT2D eigenvalue weighted by Gasteiger charge is 2.27. The maximum atomic E-state index is 6.44. The maximum Gasteiger partial charge on any atom is 0.143 e. The second kappa shape index (κ2) is 13.5. The topological polar surface area (TPSA) is 42.1 Å². The number of para-hydroxylation sites is 3. The third-order valence-electron chi connectivity index (χ3n) is 11.6. The number of rotatable bonds is 6. The van der Waals surface area contributed by atoms with Gasteiger partial charge in [-0.05, 0) is 82.6 Å². The summed E-state index contributed by atoms with van der Waals surface area (Å²) in [5.74, 6) is 0.407. The van der Waals surface area contributed by atoms with Gasteiger partial charge in [0.25, 0.3) is 0 Å². The molecule has 0 fully saturated rings. The Morgan fingerprint density at radius 2 is 1.30 bits per heavy atom. The lowest BCUT2D eigenvalue weighted by Crippen LogP contribution is -2.46. The Bertz CT molecular complexity index is 3020. The van der Waals surface area contributed by atoms with Gasteiger partial charge in [-0.15, -0.1) is 0 Å². The number of aromatic nitrogens is 1. The zero-order valence-electron chi connectivity index (χ0n) is 30.8. The van der Waals surface area contributed by atoms with Crippen LogP contribution >= 0.6 is 0 Å². The Kier molecular flexibility index (Phi) is 7.82. The van der Waals surface area contributed by atoms with Crippen molar-refractivity contribution in [3.05, 3.63) is 205 Å². The van der Waals surface area contributed by atoms with E-state index in [9.17, 15) is 0 Å². The number of allylic oxidation sites excluding steroid dienone is 3. The first-order chi connectivity index (χ1) is 27.7. The second-order valence-corrected chi connectivity index (χ2v) is 15.0. The van der Waals surface area contributed by atoms with Gasteiger partial charge in [0.05, 0.1) is 11.0 Å². The van der Waals surface area contributed by atoms with Crippen LogP contribution < -0.4 is 10.6 Å². The number of hydrogen-bond donors (Lipinski definition) is 2. The molecule has 11 rings (SSSR count). The summed E-state index contributed by atoms with van der Waals surface area (Å²) in [5.41, 5.74) is 13.5. The number of nitrogens with zero attached hydrogens (tertiary/aromatic N) is 1. The summed E-state index contributed by atoms with van der Waals surface area (Å²) in [6, 6.07) is 59.1. The number of fused-ring (bicyclic) bond motifs is 6. The molecule has 4 heteroatoms. The summed E-state index contributed by atoms with van der Waals surface area (Å²) in [4.78, 5) is 0. The largest absolute Gasteiger partial charge is 0.455 e. The molecule has 1 aliphatic carbocycles. The molecule has 0 spiro atoms. The number of benzene rings is 7. The molecule has 0 saturated carbocycles. The molecule has 268 valence electrons. The van der Waals surface area contributed by atoms with Gasteiger partial charge in [0.2, 0.25) is 0 Å². The second-order valence-electron chi connectivity index (χ2n) is 15.0. The summed E-state index contributed by atoms with van der Waals surface area (Å²) in [5, 5.41) is 12.4. The Hall–Kier alpha value is -6.88. The van der Waals surface area contributed by atoms with Gasteiger partial charge in [0.1, 0.15) is 17.3 Å². The van der Waals surface area contributed by atoms with E-state index in [0.29, 0.717) is 5.92 Å². The van der Waals surface area contributed by atoms with Crippen molar-refractivity contribution in [3.63, 3.8) is 0 Å². The zero-order chi connectivity index (χ0) is 37.0. The average Bonchev–Trinajstić information content (AvgIpc) is 3.83. The first-order valence-electron chi connectivity index (χ1n) is 19.5. The molecule has 0 saturated heterocycles. The van der Waals surface area contributed by atoms with Crippen molar-refractivity contribution in [3.8, 4) is 27.9 Å². The monoisotopic (exact) mass is 721 g/mol. The Morgan fingerprint density at radius 3 is 2.18 bits per heavy atom. The van der Waals surface area contributed by atoms with Gasteiger partial charge in [-0.1, -0.05) is 152 Å². The van der Waals surface area contributed by atoms with E-state index >= 15 is 0 Å². The molecule has 3 heterocycles. The summed E-state index contributed by atoms with van der Waals surface area (Å²) >= 11 is 0. The van der Waals surface area contributed by atoms with E-state index in [-0.39, 0.29) is 12.2 Å². The molecule has 1 aliphatic heterocycles. The molecule has 2 aromatic heterocycles. The fourth-order valence-electron chi connectivity index (χ4n) is 8.84. The van der Waals surface area contributed by atoms with E-state index in [1.165, 1.54) is 44.1 Å². The number of nitrogens with one attached hydrogen (secondary N) is 2. The van der Waals surface area contributed by atoms with Crippen LogP contribution in [0.25, 0.3) is 77.4 Å². The fourth-order valence-corrected chi connectivity index (χ4v) is 8.84. The van der Waals surface area contributed by atoms with E-state index in [2.05, 4.69) is 197 Å². The SMILES string of the molecule is C1=CCC(C2C=C(c3ccc(-c4ccc5c(c4)c4ccccc4n5-c4cccc(-c5cccc6c5oc5ccccc56)c4)cc3)NC(c3ccccc3)N2)C=C1. The van der Waals surface area contributed by atoms with Crippen LogP contribution in [-0.4, -0.2) is 10.6 Å². The van der Waals surface area contributed by atoms with Crippen LogP contribution in [0.2, 0.25) is 0 Å². The van der Waals surface area contributed by atoms with Gasteiger partial charge in [-0.2, -0.15) is 0 Å². The number of hydrogen-bond acceptors (Lipinski definition) is 3. The third-order valence-corrected chi connectivity index (χ3v) is 11.6. The molecular weight excluding hydrogens is 683 g/mol. The van der Waals surface area contributed by atoms with Gasteiger partial charge in [-0.3, -0.25) is 5.32 Å². The molecule has 0 radical (unpaired) electrons. The summed E-state index contributed by atoms with van der Waals surface area (Å²) in [7, 11) is 0. The van der Waals surface area contributed by atoms with Crippen molar-refractivity contribution in [2.24, 2.45) is 5.92 Å². The van der Waals surface area contributed by atoms with Gasteiger partial charge < -0.3 is 14.3 Å². The molecule has 2 aliphatic rings. The smallest absolute Gasteiger partial charge is 0.143 e. The molecule has 2 N–H and O–H groups in total. The van der Waals surface area contributed by atoms with E-state index in [0.717, 1.165) is 50.9 Å². The zero-order valence-corrected chi connectivity index (χ0v) is 30.8. The lowest BCUT2D eigenvalue weighted by molar-refractivity contribution is 0.377. The van der Waals surface area contributed by atoms with Crippen molar-refractivity contribution in [2.75, 3.05) is 0 Å².